The Hall–Kier alpha value is -0.700. The molecule has 0 aromatic carbocycles. The third-order valence-electron chi connectivity index (χ3n) is 7.52. The van der Waals surface area contributed by atoms with Gasteiger partial charge in [0.25, 0.3) is 0 Å². The van der Waals surface area contributed by atoms with Gasteiger partial charge in [0.15, 0.2) is 12.6 Å². The molecule has 7 N–H and O–H groups in total. The Morgan fingerprint density at radius 2 is 1.77 bits per heavy atom. The molecule has 2 heterocycles. The zero-order valence-corrected chi connectivity index (χ0v) is 20.8. The molecule has 35 heavy (non-hydrogen) atoms. The van der Waals surface area contributed by atoms with Crippen molar-refractivity contribution >= 4 is 0 Å². The number of ether oxygens (including phenoxy) is 4. The molecule has 2 aliphatic heterocycles. The van der Waals surface area contributed by atoms with Crippen molar-refractivity contribution in [3.8, 4) is 0 Å². The molecule has 3 fully saturated rings. The van der Waals surface area contributed by atoms with E-state index < -0.39 is 68.0 Å². The normalized spacial score (nSPS) is 47.3. The first kappa shape index (κ1) is 28.9. The fourth-order valence-corrected chi connectivity index (χ4v) is 5.54. The van der Waals surface area contributed by atoms with Gasteiger partial charge in [0.05, 0.1) is 32.0 Å². The minimum absolute atomic E-state index is 0.185. The smallest absolute Gasteiger partial charge is 0.187 e. The molecular formula is C24H42O11. The molecule has 1 aliphatic carbocycles. The number of allylic oxidation sites excluding steroid dienone is 1. The van der Waals surface area contributed by atoms with Crippen molar-refractivity contribution in [1.82, 2.24) is 0 Å². The van der Waals surface area contributed by atoms with Crippen molar-refractivity contribution in [3.05, 3.63) is 12.2 Å². The minimum Gasteiger partial charge on any atom is -0.394 e. The summed E-state index contributed by atoms with van der Waals surface area (Å²) in [6, 6.07) is 0. The van der Waals surface area contributed by atoms with Gasteiger partial charge in [0, 0.05) is 0 Å². The lowest BCUT2D eigenvalue weighted by molar-refractivity contribution is -0.346. The summed E-state index contributed by atoms with van der Waals surface area (Å²) in [5.74, 6) is 0.400. The maximum absolute atomic E-state index is 10.8. The minimum atomic E-state index is -1.93. The molecule has 1 saturated carbocycles. The van der Waals surface area contributed by atoms with Crippen LogP contribution >= 0.6 is 0 Å². The fourth-order valence-electron chi connectivity index (χ4n) is 5.54. The number of aliphatic hydroxyl groups is 7. The fraction of sp³-hybridized carbons (Fsp3) is 0.917. The summed E-state index contributed by atoms with van der Waals surface area (Å²) >= 11 is 0. The Kier molecular flexibility index (Phi) is 9.37. The van der Waals surface area contributed by atoms with Gasteiger partial charge in [-0.05, 0) is 37.0 Å². The topological polar surface area (TPSA) is 179 Å². The van der Waals surface area contributed by atoms with Crippen LogP contribution in [0.5, 0.6) is 0 Å². The maximum atomic E-state index is 10.8. The highest BCUT2D eigenvalue weighted by molar-refractivity contribution is 5.04. The van der Waals surface area contributed by atoms with Crippen LogP contribution in [0.25, 0.3) is 0 Å². The Morgan fingerprint density at radius 1 is 1.09 bits per heavy atom. The van der Waals surface area contributed by atoms with E-state index in [4.69, 9.17) is 18.9 Å². The molecule has 11 nitrogen and oxygen atoms in total. The molecular weight excluding hydrogens is 464 g/mol. The standard InChI is InChI=1S/C24H42O11/c1-12-7-14(8-23(3,4)15(12)6-5-13(2)27)33-21-19(18(29)17(28)16(9-25)34-21)35-22-20(30)24(31,10-26)11-32-22/h5-6,12-22,25-31H,7-11H2,1-4H3/b6-5+/t12-,13-,14+,15+,16-,17-,18+,19-,20+,21-,22+,24-/m1/s1. The molecule has 3 rings (SSSR count). The molecule has 3 aliphatic rings. The Morgan fingerprint density at radius 3 is 2.31 bits per heavy atom. The van der Waals surface area contributed by atoms with Crippen LogP contribution in [0.15, 0.2) is 12.2 Å². The molecule has 11 heteroatoms. The van der Waals surface area contributed by atoms with E-state index in [2.05, 4.69) is 20.8 Å². The highest BCUT2D eigenvalue weighted by Crippen LogP contribution is 2.46. The van der Waals surface area contributed by atoms with E-state index in [1.807, 2.05) is 6.08 Å². The van der Waals surface area contributed by atoms with Crippen molar-refractivity contribution < 1.29 is 54.7 Å². The number of hydrogen-bond donors (Lipinski definition) is 7. The molecule has 0 bridgehead atoms. The predicted octanol–water partition coefficient (Wildman–Crippen LogP) is -1.35. The van der Waals surface area contributed by atoms with Crippen LogP contribution in [0.1, 0.15) is 40.5 Å². The summed E-state index contributed by atoms with van der Waals surface area (Å²) in [5, 5.41) is 70.4. The second kappa shape index (κ2) is 11.4. The Balaban J connectivity index is 1.76. The lowest BCUT2D eigenvalue weighted by atomic mass is 9.63. The van der Waals surface area contributed by atoms with Gasteiger partial charge in [-0.2, -0.15) is 0 Å². The van der Waals surface area contributed by atoms with Crippen molar-refractivity contribution in [2.45, 2.75) is 101 Å². The van der Waals surface area contributed by atoms with Gasteiger partial charge in [0.1, 0.15) is 36.1 Å². The first-order valence-corrected chi connectivity index (χ1v) is 12.3. The van der Waals surface area contributed by atoms with Gasteiger partial charge in [-0.1, -0.05) is 32.9 Å². The van der Waals surface area contributed by atoms with Crippen LogP contribution in [0, 0.1) is 17.3 Å². The van der Waals surface area contributed by atoms with Crippen LogP contribution in [0.2, 0.25) is 0 Å². The van der Waals surface area contributed by atoms with Crippen LogP contribution in [0.4, 0.5) is 0 Å². The van der Waals surface area contributed by atoms with E-state index in [-0.39, 0.29) is 30.0 Å². The van der Waals surface area contributed by atoms with Crippen molar-refractivity contribution in [2.24, 2.45) is 17.3 Å². The third kappa shape index (κ3) is 6.24. The number of hydrogen-bond acceptors (Lipinski definition) is 11. The van der Waals surface area contributed by atoms with Gasteiger partial charge in [-0.3, -0.25) is 0 Å². The molecule has 204 valence electrons. The first-order valence-electron chi connectivity index (χ1n) is 12.3. The summed E-state index contributed by atoms with van der Waals surface area (Å²) in [7, 11) is 0. The zero-order chi connectivity index (χ0) is 26.1. The zero-order valence-electron chi connectivity index (χ0n) is 20.8. The monoisotopic (exact) mass is 506 g/mol. The van der Waals surface area contributed by atoms with Gasteiger partial charge in [-0.25, -0.2) is 0 Å². The third-order valence-corrected chi connectivity index (χ3v) is 7.52. The molecule has 0 amide bonds. The van der Waals surface area contributed by atoms with Crippen LogP contribution in [0.3, 0.4) is 0 Å². The second-order valence-electron chi connectivity index (χ2n) is 11.0. The maximum Gasteiger partial charge on any atom is 0.187 e. The molecule has 0 radical (unpaired) electrons. The molecule has 2 saturated heterocycles. The quantitative estimate of drug-likeness (QED) is 0.194. The van der Waals surface area contributed by atoms with E-state index in [0.29, 0.717) is 12.8 Å². The predicted molar refractivity (Wildman–Crippen MR) is 122 cm³/mol. The van der Waals surface area contributed by atoms with Crippen LogP contribution < -0.4 is 0 Å². The number of rotatable bonds is 8. The van der Waals surface area contributed by atoms with Crippen molar-refractivity contribution in [2.75, 3.05) is 19.8 Å². The average molecular weight is 507 g/mol. The van der Waals surface area contributed by atoms with E-state index in [1.165, 1.54) is 0 Å². The molecule has 0 aromatic heterocycles. The number of aliphatic hydroxyl groups excluding tert-OH is 6. The lowest BCUT2D eigenvalue weighted by Crippen LogP contribution is -2.62. The van der Waals surface area contributed by atoms with Gasteiger partial charge >= 0.3 is 0 Å². The van der Waals surface area contributed by atoms with E-state index in [9.17, 15) is 35.7 Å². The van der Waals surface area contributed by atoms with Gasteiger partial charge in [0.2, 0.25) is 0 Å². The van der Waals surface area contributed by atoms with Crippen LogP contribution in [-0.2, 0) is 18.9 Å². The van der Waals surface area contributed by atoms with Gasteiger partial charge in [-0.15, -0.1) is 0 Å². The van der Waals surface area contributed by atoms with E-state index in [1.54, 1.807) is 13.0 Å². The SMILES string of the molecule is C[C@@H]1C[C@H](O[C@@H]2O[C@H](CO)[C@@H](O)[C@H](O)[C@H]2O[C@@H]2OC[C@](O)(CO)[C@H]2O)CC(C)(C)[C@H]1/C=C/[C@@H](C)O. The highest BCUT2D eigenvalue weighted by Gasteiger charge is 2.54. The largest absolute Gasteiger partial charge is 0.394 e. The molecule has 12 atom stereocenters. The summed E-state index contributed by atoms with van der Waals surface area (Å²) in [6.07, 6.45) is -5.42. The first-order chi connectivity index (χ1) is 16.3. The van der Waals surface area contributed by atoms with Crippen LogP contribution in [-0.4, -0.2) is 116 Å². The second-order valence-corrected chi connectivity index (χ2v) is 11.0. The molecule has 0 aromatic rings. The van der Waals surface area contributed by atoms with Crippen molar-refractivity contribution in [1.29, 1.82) is 0 Å². The Labute approximate surface area is 205 Å². The summed E-state index contributed by atoms with van der Waals surface area (Å²) in [4.78, 5) is 0. The summed E-state index contributed by atoms with van der Waals surface area (Å²) in [5.41, 5.74) is -2.11. The van der Waals surface area contributed by atoms with Crippen molar-refractivity contribution in [3.63, 3.8) is 0 Å². The Bertz CT molecular complexity index is 716. The molecule has 0 unspecified atom stereocenters. The average Bonchev–Trinajstić information content (AvgIpc) is 3.06. The van der Waals surface area contributed by atoms with Gasteiger partial charge < -0.3 is 54.7 Å². The summed E-state index contributed by atoms with van der Waals surface area (Å²) < 4.78 is 23.0. The molecule has 0 spiro atoms. The van der Waals surface area contributed by atoms with E-state index in [0.717, 1.165) is 0 Å². The van der Waals surface area contributed by atoms with E-state index >= 15 is 0 Å². The summed E-state index contributed by atoms with van der Waals surface area (Å²) in [6.45, 7) is 6.31. The highest BCUT2D eigenvalue weighted by atomic mass is 16.8. The lowest BCUT2D eigenvalue weighted by Gasteiger charge is -2.48.